The fraction of sp³-hybridized carbons (Fsp3) is 0.957. The molecule has 8 nitrogen and oxygen atoms in total. The van der Waals surface area contributed by atoms with Gasteiger partial charge in [-0.3, -0.25) is 14.5 Å². The SMILES string of the molecule is C.CC.CCCCC.CCCCCC(CCCCC)CCCOC(=O)C(C)(C)CCCCCCN1C[C@@H](OC(=O)CCN(C)C2CCOCC2)C[C@H]1COC. The molecule has 0 aromatic heterocycles. The van der Waals surface area contributed by atoms with Crippen LogP contribution in [0.1, 0.15) is 204 Å². The first-order chi connectivity index (χ1) is 26.1. The van der Waals surface area contributed by atoms with Gasteiger partial charge in [-0.2, -0.15) is 0 Å². The molecule has 0 radical (unpaired) electrons. The summed E-state index contributed by atoms with van der Waals surface area (Å²) in [4.78, 5) is 30.3. The van der Waals surface area contributed by atoms with E-state index in [0.717, 1.165) is 96.6 Å². The molecule has 0 saturated carbocycles. The first-order valence-corrected chi connectivity index (χ1v) is 23.0. The van der Waals surface area contributed by atoms with E-state index in [1.807, 2.05) is 27.7 Å². The number of ether oxygens (including phenoxy) is 4. The third-order valence-corrected chi connectivity index (χ3v) is 11.3. The molecule has 2 aliphatic rings. The Morgan fingerprint density at radius 3 is 1.96 bits per heavy atom. The molecule has 2 heterocycles. The highest BCUT2D eigenvalue weighted by Gasteiger charge is 2.34. The third-order valence-electron chi connectivity index (χ3n) is 11.3. The zero-order valence-electron chi connectivity index (χ0n) is 37.7. The fourth-order valence-electron chi connectivity index (χ4n) is 7.71. The highest BCUT2D eigenvalue weighted by atomic mass is 16.5. The van der Waals surface area contributed by atoms with Gasteiger partial charge < -0.3 is 23.8 Å². The molecule has 2 fully saturated rings. The normalized spacial score (nSPS) is 17.6. The molecule has 2 rings (SSSR count). The minimum absolute atomic E-state index is 0. The highest BCUT2D eigenvalue weighted by Crippen LogP contribution is 2.28. The maximum atomic E-state index is 12.9. The predicted octanol–water partition coefficient (Wildman–Crippen LogP) is 12.1. The van der Waals surface area contributed by atoms with E-state index >= 15 is 0 Å². The number of likely N-dealkylation sites (tertiary alicyclic amines) is 1. The van der Waals surface area contributed by atoms with Gasteiger partial charge in [0.2, 0.25) is 0 Å². The lowest BCUT2D eigenvalue weighted by Crippen LogP contribution is -2.38. The molecule has 0 bridgehead atoms. The molecule has 0 amide bonds. The molecule has 0 unspecified atom stereocenters. The summed E-state index contributed by atoms with van der Waals surface area (Å²) in [6.07, 6.45) is 25.3. The van der Waals surface area contributed by atoms with Crippen LogP contribution in [0.15, 0.2) is 0 Å². The van der Waals surface area contributed by atoms with Crippen LogP contribution in [0.2, 0.25) is 0 Å². The standard InChI is InChI=1S/C39H74N2O6.C5H12.C2H6.CH4/c1-7-9-13-18-33(19-14-10-8-2)20-17-27-46-38(43)39(3,4)24-15-11-12-16-25-41-31-36(30-35(41)32-44-6)47-37(42)21-26-40(5)34-22-28-45-29-23-34;1-3-5-4-2;1-2;/h33-36H,7-32H2,1-6H3;3-5H2,1-2H3;1-2H3;1H4/t35-,36-;;;/m0.../s1. The number of rotatable bonds is 29. The number of unbranched alkanes of at least 4 members (excludes halogenated alkanes) is 9. The zero-order chi connectivity index (χ0) is 40.5. The zero-order valence-corrected chi connectivity index (χ0v) is 37.7. The van der Waals surface area contributed by atoms with Gasteiger partial charge in [0.15, 0.2) is 0 Å². The van der Waals surface area contributed by atoms with Crippen LogP contribution in [-0.2, 0) is 28.5 Å². The summed E-state index contributed by atoms with van der Waals surface area (Å²) in [7, 11) is 3.85. The van der Waals surface area contributed by atoms with Crippen molar-refractivity contribution in [3.8, 4) is 0 Å². The van der Waals surface area contributed by atoms with Crippen molar-refractivity contribution >= 4 is 11.9 Å². The average molecular weight is 785 g/mol. The second-order valence-corrected chi connectivity index (χ2v) is 16.6. The number of nitrogens with zero attached hydrogens (tertiary/aromatic N) is 2. The summed E-state index contributed by atoms with van der Waals surface area (Å²) < 4.78 is 22.7. The number of hydrogen-bond donors (Lipinski definition) is 0. The van der Waals surface area contributed by atoms with E-state index in [4.69, 9.17) is 18.9 Å². The van der Waals surface area contributed by atoms with Gasteiger partial charge in [0.1, 0.15) is 6.10 Å². The van der Waals surface area contributed by atoms with Crippen LogP contribution in [0, 0.1) is 11.3 Å². The van der Waals surface area contributed by atoms with Gasteiger partial charge in [-0.1, -0.05) is 139 Å². The van der Waals surface area contributed by atoms with E-state index in [2.05, 4.69) is 44.5 Å². The van der Waals surface area contributed by atoms with Crippen molar-refractivity contribution in [2.45, 2.75) is 222 Å². The van der Waals surface area contributed by atoms with Crippen molar-refractivity contribution in [1.82, 2.24) is 9.80 Å². The molecule has 2 saturated heterocycles. The molecule has 0 spiro atoms. The van der Waals surface area contributed by atoms with Gasteiger partial charge in [0.05, 0.1) is 25.0 Å². The Kier molecular flexibility index (Phi) is 37.7. The van der Waals surface area contributed by atoms with Crippen LogP contribution in [0.3, 0.4) is 0 Å². The van der Waals surface area contributed by atoms with Crippen molar-refractivity contribution in [1.29, 1.82) is 0 Å². The van der Waals surface area contributed by atoms with Gasteiger partial charge in [-0.25, -0.2) is 0 Å². The molecule has 0 aromatic rings. The number of esters is 2. The average Bonchev–Trinajstić information content (AvgIpc) is 3.55. The second-order valence-electron chi connectivity index (χ2n) is 16.6. The number of carbonyl (C=O) groups is 2. The van der Waals surface area contributed by atoms with E-state index in [0.29, 0.717) is 31.7 Å². The maximum absolute atomic E-state index is 12.9. The molecule has 8 heteroatoms. The topological polar surface area (TPSA) is 77.5 Å². The van der Waals surface area contributed by atoms with Crippen LogP contribution in [-0.4, -0.2) is 100 Å². The lowest BCUT2D eigenvalue weighted by molar-refractivity contribution is -0.154. The molecular formula is C47H96N2O6. The quantitative estimate of drug-likeness (QED) is 0.0548. The fourth-order valence-corrected chi connectivity index (χ4v) is 7.71. The summed E-state index contributed by atoms with van der Waals surface area (Å²) in [5.74, 6) is 0.647. The van der Waals surface area contributed by atoms with Crippen molar-refractivity contribution in [3.63, 3.8) is 0 Å². The molecule has 55 heavy (non-hydrogen) atoms. The highest BCUT2D eigenvalue weighted by molar-refractivity contribution is 5.75. The molecule has 0 aromatic carbocycles. The Bertz CT molecular complexity index is 852. The van der Waals surface area contributed by atoms with Crippen LogP contribution in [0.5, 0.6) is 0 Å². The smallest absolute Gasteiger partial charge is 0.311 e. The first kappa shape index (κ1) is 55.9. The Balaban J connectivity index is 0. The lowest BCUT2D eigenvalue weighted by atomic mass is 9.87. The second kappa shape index (κ2) is 37.1. The van der Waals surface area contributed by atoms with Crippen LogP contribution in [0.4, 0.5) is 0 Å². The summed E-state index contributed by atoms with van der Waals surface area (Å²) in [6.45, 7) is 22.4. The summed E-state index contributed by atoms with van der Waals surface area (Å²) in [5.41, 5.74) is -0.434. The Morgan fingerprint density at radius 1 is 0.818 bits per heavy atom. The Hall–Kier alpha value is -1.22. The minimum atomic E-state index is -0.434. The maximum Gasteiger partial charge on any atom is 0.311 e. The first-order valence-electron chi connectivity index (χ1n) is 23.0. The van der Waals surface area contributed by atoms with E-state index in [-0.39, 0.29) is 25.5 Å². The number of hydrogen-bond acceptors (Lipinski definition) is 8. The minimum Gasteiger partial charge on any atom is -0.465 e. The molecule has 2 aliphatic heterocycles. The molecule has 0 aliphatic carbocycles. The van der Waals surface area contributed by atoms with Crippen molar-refractivity contribution in [3.05, 3.63) is 0 Å². The van der Waals surface area contributed by atoms with Crippen molar-refractivity contribution in [2.24, 2.45) is 11.3 Å². The number of methoxy groups -OCH3 is 1. The van der Waals surface area contributed by atoms with Gasteiger partial charge in [-0.15, -0.1) is 0 Å². The van der Waals surface area contributed by atoms with E-state index in [1.54, 1.807) is 7.11 Å². The van der Waals surface area contributed by atoms with Gasteiger partial charge in [0.25, 0.3) is 0 Å². The van der Waals surface area contributed by atoms with E-state index in [1.165, 1.54) is 77.0 Å². The van der Waals surface area contributed by atoms with Gasteiger partial charge in [0, 0.05) is 51.9 Å². The number of carbonyl (C=O) groups excluding carboxylic acids is 2. The summed E-state index contributed by atoms with van der Waals surface area (Å²) in [5, 5.41) is 0. The van der Waals surface area contributed by atoms with Crippen LogP contribution < -0.4 is 0 Å². The van der Waals surface area contributed by atoms with Gasteiger partial charge >= 0.3 is 11.9 Å². The Morgan fingerprint density at radius 2 is 1.40 bits per heavy atom. The monoisotopic (exact) mass is 785 g/mol. The van der Waals surface area contributed by atoms with Gasteiger partial charge in [-0.05, 0) is 71.9 Å². The predicted molar refractivity (Wildman–Crippen MR) is 235 cm³/mol. The molecule has 2 atom stereocenters. The summed E-state index contributed by atoms with van der Waals surface area (Å²) in [6, 6.07) is 0.789. The van der Waals surface area contributed by atoms with Crippen LogP contribution in [0.25, 0.3) is 0 Å². The molecule has 0 N–H and O–H groups in total. The lowest BCUT2D eigenvalue weighted by Gasteiger charge is -2.30. The van der Waals surface area contributed by atoms with Crippen molar-refractivity contribution in [2.75, 3.05) is 60.2 Å². The third kappa shape index (κ3) is 28.0. The summed E-state index contributed by atoms with van der Waals surface area (Å²) >= 11 is 0. The Labute approximate surface area is 343 Å². The van der Waals surface area contributed by atoms with Crippen LogP contribution >= 0.6 is 0 Å². The largest absolute Gasteiger partial charge is 0.465 e. The van der Waals surface area contributed by atoms with Crippen molar-refractivity contribution < 1.29 is 28.5 Å². The van der Waals surface area contributed by atoms with E-state index in [9.17, 15) is 9.59 Å². The van der Waals surface area contributed by atoms with E-state index < -0.39 is 5.41 Å². The molecular weight excluding hydrogens is 689 g/mol. The molecule has 330 valence electrons.